The second-order valence-electron chi connectivity index (χ2n) is 5.02. The molecule has 2 atom stereocenters. The second kappa shape index (κ2) is 5.19. The summed E-state index contributed by atoms with van der Waals surface area (Å²) in [4.78, 5) is 13.5. The van der Waals surface area contributed by atoms with Crippen molar-refractivity contribution in [2.24, 2.45) is 0 Å². The van der Waals surface area contributed by atoms with Crippen LogP contribution in [0.5, 0.6) is 0 Å². The van der Waals surface area contributed by atoms with Crippen LogP contribution in [0.2, 0.25) is 0 Å². The smallest absolute Gasteiger partial charge is 0.240 e. The molecule has 0 saturated carbocycles. The number of carbonyl (C=O) groups is 1. The van der Waals surface area contributed by atoms with E-state index in [1.165, 1.54) is 4.88 Å². The van der Waals surface area contributed by atoms with Crippen LogP contribution in [0, 0.1) is 0 Å². The van der Waals surface area contributed by atoms with E-state index in [1.54, 1.807) is 11.3 Å². The number of nitrogens with one attached hydrogen (secondary N) is 2. The molecule has 2 rings (SSSR count). The molecule has 1 saturated heterocycles. The topological polar surface area (TPSA) is 41.1 Å². The van der Waals surface area contributed by atoms with Gasteiger partial charge in [-0.3, -0.25) is 4.79 Å². The number of amides is 1. The minimum atomic E-state index is -0.357. The lowest BCUT2D eigenvalue weighted by Crippen LogP contribution is -2.53. The predicted octanol–water partition coefficient (Wildman–Crippen LogP) is 1.94. The summed E-state index contributed by atoms with van der Waals surface area (Å²) in [5, 5.41) is 8.47. The largest absolute Gasteiger partial charge is 0.352 e. The van der Waals surface area contributed by atoms with E-state index in [-0.39, 0.29) is 17.5 Å². The molecule has 3 nitrogen and oxygen atoms in total. The van der Waals surface area contributed by atoms with E-state index in [2.05, 4.69) is 29.0 Å². The number of hydrogen-bond acceptors (Lipinski definition) is 3. The molecule has 94 valence electrons. The van der Waals surface area contributed by atoms with Gasteiger partial charge in [0.2, 0.25) is 5.91 Å². The van der Waals surface area contributed by atoms with Gasteiger partial charge >= 0.3 is 0 Å². The summed E-state index contributed by atoms with van der Waals surface area (Å²) in [5.41, 5.74) is -0.357. The molecule has 1 aromatic heterocycles. The summed E-state index contributed by atoms with van der Waals surface area (Å²) >= 11 is 1.74. The quantitative estimate of drug-likeness (QED) is 0.860. The van der Waals surface area contributed by atoms with Crippen molar-refractivity contribution in [3.63, 3.8) is 0 Å². The van der Waals surface area contributed by atoms with E-state index in [9.17, 15) is 4.79 Å². The monoisotopic (exact) mass is 252 g/mol. The van der Waals surface area contributed by atoms with Crippen molar-refractivity contribution in [3.05, 3.63) is 22.4 Å². The van der Waals surface area contributed by atoms with Crippen LogP contribution < -0.4 is 10.6 Å². The molecule has 17 heavy (non-hydrogen) atoms. The molecule has 1 amide bonds. The van der Waals surface area contributed by atoms with Crippen molar-refractivity contribution in [2.75, 3.05) is 6.54 Å². The zero-order chi connectivity index (χ0) is 12.3. The fourth-order valence-corrected chi connectivity index (χ4v) is 3.09. The number of rotatable bonds is 4. The first-order valence-corrected chi connectivity index (χ1v) is 7.06. The van der Waals surface area contributed by atoms with Crippen LogP contribution in [-0.2, 0) is 11.2 Å². The fourth-order valence-electron chi connectivity index (χ4n) is 2.25. The molecule has 0 aromatic carbocycles. The molecule has 1 aliphatic rings. The summed E-state index contributed by atoms with van der Waals surface area (Å²) in [6, 6.07) is 4.36. The second-order valence-corrected chi connectivity index (χ2v) is 6.05. The van der Waals surface area contributed by atoms with Gasteiger partial charge in [-0.25, -0.2) is 0 Å². The summed E-state index contributed by atoms with van der Waals surface area (Å²) in [5.74, 6) is 0.138. The molecule has 1 fully saturated rings. The summed E-state index contributed by atoms with van der Waals surface area (Å²) in [6.07, 6.45) is 2.94. The first-order valence-electron chi connectivity index (χ1n) is 6.18. The van der Waals surface area contributed by atoms with Crippen molar-refractivity contribution in [2.45, 2.75) is 44.7 Å². The van der Waals surface area contributed by atoms with Crippen molar-refractivity contribution in [1.29, 1.82) is 0 Å². The molecule has 4 heteroatoms. The van der Waals surface area contributed by atoms with Gasteiger partial charge in [-0.15, -0.1) is 11.3 Å². The summed E-state index contributed by atoms with van der Waals surface area (Å²) < 4.78 is 0. The number of hydrogen-bond donors (Lipinski definition) is 2. The first kappa shape index (κ1) is 12.6. The van der Waals surface area contributed by atoms with Crippen LogP contribution >= 0.6 is 11.3 Å². The normalized spacial score (nSPS) is 25.8. The van der Waals surface area contributed by atoms with E-state index in [0.717, 1.165) is 25.8 Å². The Kier molecular flexibility index (Phi) is 3.84. The Morgan fingerprint density at radius 3 is 3.12 bits per heavy atom. The van der Waals surface area contributed by atoms with Gasteiger partial charge in [0.25, 0.3) is 0 Å². The van der Waals surface area contributed by atoms with Crippen molar-refractivity contribution >= 4 is 17.2 Å². The zero-order valence-corrected chi connectivity index (χ0v) is 11.3. The zero-order valence-electron chi connectivity index (χ0n) is 10.5. The molecule has 0 spiro atoms. The molecule has 1 aliphatic heterocycles. The van der Waals surface area contributed by atoms with Crippen LogP contribution in [0.15, 0.2) is 17.5 Å². The lowest BCUT2D eigenvalue weighted by molar-refractivity contribution is -0.127. The highest BCUT2D eigenvalue weighted by Gasteiger charge is 2.36. The fraction of sp³-hybridized carbons (Fsp3) is 0.615. The maximum Gasteiger partial charge on any atom is 0.240 e. The Labute approximate surface area is 107 Å². The molecule has 0 aliphatic carbocycles. The molecule has 2 N–H and O–H groups in total. The highest BCUT2D eigenvalue weighted by Crippen LogP contribution is 2.19. The number of carbonyl (C=O) groups excluding carboxylic acids is 1. The molecular weight excluding hydrogens is 232 g/mol. The van der Waals surface area contributed by atoms with Crippen LogP contribution in [0.3, 0.4) is 0 Å². The lowest BCUT2D eigenvalue weighted by Gasteiger charge is -2.25. The minimum Gasteiger partial charge on any atom is -0.352 e. The van der Waals surface area contributed by atoms with Crippen LogP contribution in [-0.4, -0.2) is 24.0 Å². The number of thiophene rings is 1. The van der Waals surface area contributed by atoms with E-state index < -0.39 is 0 Å². The Morgan fingerprint density at radius 2 is 2.53 bits per heavy atom. The van der Waals surface area contributed by atoms with Crippen molar-refractivity contribution in [1.82, 2.24) is 10.6 Å². The molecular formula is C13H20N2OS. The summed E-state index contributed by atoms with van der Waals surface area (Å²) in [7, 11) is 0. The molecule has 2 heterocycles. The first-order chi connectivity index (χ1) is 8.10. The van der Waals surface area contributed by atoms with E-state index in [1.807, 2.05) is 13.0 Å². The predicted molar refractivity (Wildman–Crippen MR) is 71.3 cm³/mol. The molecule has 0 bridgehead atoms. The third-order valence-electron chi connectivity index (χ3n) is 3.33. The molecule has 2 unspecified atom stereocenters. The highest BCUT2D eigenvalue weighted by molar-refractivity contribution is 7.09. The van der Waals surface area contributed by atoms with Gasteiger partial charge < -0.3 is 10.6 Å². The standard InChI is InChI=1S/C13H20N2OS/c1-10(9-11-5-3-8-17-11)15-12(16)13(2)6-4-7-14-13/h3,5,8,10,14H,4,6-7,9H2,1-2H3,(H,15,16). The lowest BCUT2D eigenvalue weighted by atomic mass is 9.98. The maximum absolute atomic E-state index is 12.1. The maximum atomic E-state index is 12.1. The molecule has 1 aromatic rings. The average Bonchev–Trinajstić information content (AvgIpc) is 2.90. The summed E-state index contributed by atoms with van der Waals surface area (Å²) in [6.45, 7) is 5.01. The van der Waals surface area contributed by atoms with E-state index in [0.29, 0.717) is 0 Å². The molecule has 0 radical (unpaired) electrons. The van der Waals surface area contributed by atoms with Crippen LogP contribution in [0.1, 0.15) is 31.6 Å². The van der Waals surface area contributed by atoms with Gasteiger partial charge in [-0.05, 0) is 44.7 Å². The minimum absolute atomic E-state index is 0.138. The Bertz CT molecular complexity index is 369. The van der Waals surface area contributed by atoms with Gasteiger partial charge in [-0.2, -0.15) is 0 Å². The highest BCUT2D eigenvalue weighted by atomic mass is 32.1. The van der Waals surface area contributed by atoms with Gasteiger partial charge in [0.05, 0.1) is 5.54 Å². The van der Waals surface area contributed by atoms with Gasteiger partial charge in [0.15, 0.2) is 0 Å². The SMILES string of the molecule is CC(Cc1cccs1)NC(=O)C1(C)CCCN1. The Morgan fingerprint density at radius 1 is 1.71 bits per heavy atom. The van der Waals surface area contributed by atoms with Gasteiger partial charge in [0.1, 0.15) is 0 Å². The Balaban J connectivity index is 1.86. The van der Waals surface area contributed by atoms with Crippen molar-refractivity contribution < 1.29 is 4.79 Å². The van der Waals surface area contributed by atoms with Gasteiger partial charge in [0, 0.05) is 17.3 Å². The van der Waals surface area contributed by atoms with Crippen molar-refractivity contribution in [3.8, 4) is 0 Å². The van der Waals surface area contributed by atoms with Gasteiger partial charge in [-0.1, -0.05) is 6.07 Å². The third-order valence-corrected chi connectivity index (χ3v) is 4.23. The van der Waals surface area contributed by atoms with Crippen LogP contribution in [0.4, 0.5) is 0 Å². The van der Waals surface area contributed by atoms with E-state index >= 15 is 0 Å². The van der Waals surface area contributed by atoms with E-state index in [4.69, 9.17) is 0 Å². The average molecular weight is 252 g/mol. The van der Waals surface area contributed by atoms with Crippen LogP contribution in [0.25, 0.3) is 0 Å². The Hall–Kier alpha value is -0.870. The third kappa shape index (κ3) is 3.07.